The van der Waals surface area contributed by atoms with Crippen LogP contribution in [0.4, 0.5) is 16.2 Å². The van der Waals surface area contributed by atoms with Gasteiger partial charge in [-0.3, -0.25) is 0 Å². The van der Waals surface area contributed by atoms with E-state index >= 15 is 0 Å². The largest absolute Gasteiger partial charge is 0.486 e. The fourth-order valence-corrected chi connectivity index (χ4v) is 3.80. The summed E-state index contributed by atoms with van der Waals surface area (Å²) in [6.45, 7) is 0.908. The van der Waals surface area contributed by atoms with E-state index in [0.29, 0.717) is 11.4 Å². The Hall–Kier alpha value is -3.77. The molecule has 0 aliphatic heterocycles. The van der Waals surface area contributed by atoms with E-state index in [-0.39, 0.29) is 12.1 Å². The highest BCUT2D eigenvalue weighted by atomic mass is 16.5. The van der Waals surface area contributed by atoms with E-state index in [1.807, 2.05) is 84.5 Å². The predicted molar refractivity (Wildman–Crippen MR) is 135 cm³/mol. The van der Waals surface area contributed by atoms with E-state index in [1.54, 1.807) is 0 Å². The topological polar surface area (TPSA) is 58.5 Å². The first-order valence-electron chi connectivity index (χ1n) is 11.1. The summed E-state index contributed by atoms with van der Waals surface area (Å²) in [6.07, 6.45) is 2.79. The van der Waals surface area contributed by atoms with Gasteiger partial charge in [-0.25, -0.2) is 4.79 Å². The molecule has 0 aliphatic carbocycles. The molecule has 0 spiro atoms. The lowest BCUT2D eigenvalue weighted by Gasteiger charge is -2.22. The number of carbonyl (C=O) groups excluding carboxylic acids is 1. The number of benzene rings is 3. The van der Waals surface area contributed by atoms with E-state index in [1.165, 1.54) is 0 Å². The molecule has 0 bridgehead atoms. The average Bonchev–Trinajstić information content (AvgIpc) is 3.17. The van der Waals surface area contributed by atoms with Gasteiger partial charge in [-0.1, -0.05) is 36.4 Å². The molecule has 1 aromatic heterocycles. The van der Waals surface area contributed by atoms with Crippen LogP contribution in [0, 0.1) is 0 Å². The van der Waals surface area contributed by atoms with Crippen molar-refractivity contribution in [2.24, 2.45) is 7.05 Å². The molecular weight excluding hydrogens is 412 g/mol. The molecule has 33 heavy (non-hydrogen) atoms. The molecular formula is C27H30N4O2. The zero-order chi connectivity index (χ0) is 23.2. The smallest absolute Gasteiger partial charge is 0.323 e. The molecule has 0 saturated heterocycles. The SMILES string of the molecule is CN(C)CCC(Oc1cccc(NC(=O)Nc2ccc3c(ccn3C)c2)c1)c1ccccc1. The lowest BCUT2D eigenvalue weighted by atomic mass is 10.1. The second kappa shape index (κ2) is 10.2. The summed E-state index contributed by atoms with van der Waals surface area (Å²) < 4.78 is 8.39. The van der Waals surface area contributed by atoms with E-state index in [0.717, 1.165) is 35.1 Å². The minimum atomic E-state index is -0.297. The van der Waals surface area contributed by atoms with Crippen LogP contribution in [0.2, 0.25) is 0 Å². The molecule has 0 saturated carbocycles. The minimum absolute atomic E-state index is 0.0738. The van der Waals surface area contributed by atoms with Crippen LogP contribution in [0.3, 0.4) is 0 Å². The van der Waals surface area contributed by atoms with Crippen LogP contribution in [0.25, 0.3) is 10.9 Å². The van der Waals surface area contributed by atoms with E-state index in [2.05, 4.69) is 41.8 Å². The first kappa shape index (κ1) is 22.4. The number of nitrogens with zero attached hydrogens (tertiary/aromatic N) is 2. The number of amides is 2. The van der Waals surface area contributed by atoms with Crippen molar-refractivity contribution in [3.8, 4) is 5.75 Å². The molecule has 0 aliphatic rings. The summed E-state index contributed by atoms with van der Waals surface area (Å²) in [5.74, 6) is 0.714. The number of carbonyl (C=O) groups is 1. The monoisotopic (exact) mass is 442 g/mol. The molecule has 1 unspecified atom stereocenters. The highest BCUT2D eigenvalue weighted by Gasteiger charge is 2.14. The molecule has 3 aromatic carbocycles. The van der Waals surface area contributed by atoms with Gasteiger partial charge in [0.15, 0.2) is 0 Å². The summed E-state index contributed by atoms with van der Waals surface area (Å²) in [4.78, 5) is 14.7. The highest BCUT2D eigenvalue weighted by Crippen LogP contribution is 2.27. The molecule has 4 rings (SSSR count). The van der Waals surface area contributed by atoms with Crippen LogP contribution in [0.5, 0.6) is 5.75 Å². The van der Waals surface area contributed by atoms with Crippen molar-refractivity contribution in [2.45, 2.75) is 12.5 Å². The molecule has 6 heteroatoms. The Kier molecular flexibility index (Phi) is 6.95. The number of hydrogen-bond acceptors (Lipinski definition) is 3. The Labute approximate surface area is 194 Å². The second-order valence-corrected chi connectivity index (χ2v) is 8.42. The molecule has 6 nitrogen and oxygen atoms in total. The third kappa shape index (κ3) is 5.93. The summed E-state index contributed by atoms with van der Waals surface area (Å²) in [6, 6.07) is 25.3. The van der Waals surface area contributed by atoms with Gasteiger partial charge < -0.3 is 24.8 Å². The number of nitrogens with one attached hydrogen (secondary N) is 2. The van der Waals surface area contributed by atoms with Crippen molar-refractivity contribution in [1.82, 2.24) is 9.47 Å². The van der Waals surface area contributed by atoms with Crippen molar-refractivity contribution < 1.29 is 9.53 Å². The van der Waals surface area contributed by atoms with Gasteiger partial charge in [-0.05, 0) is 56.1 Å². The maximum Gasteiger partial charge on any atom is 0.323 e. The molecule has 2 amide bonds. The average molecular weight is 443 g/mol. The molecule has 2 N–H and O–H groups in total. The molecule has 4 aromatic rings. The number of ether oxygens (including phenoxy) is 1. The number of aromatic nitrogens is 1. The molecule has 0 fully saturated rings. The van der Waals surface area contributed by atoms with Gasteiger partial charge >= 0.3 is 6.03 Å². The van der Waals surface area contributed by atoms with Crippen molar-refractivity contribution in [3.63, 3.8) is 0 Å². The summed E-state index contributed by atoms with van der Waals surface area (Å²) in [5, 5.41) is 6.89. The standard InChI is InChI=1S/C27H30N4O2/c1-30(2)16-15-26(20-8-5-4-6-9-20)33-24-11-7-10-22(19-24)28-27(32)29-23-12-13-25-21(18-23)14-17-31(25)3/h4-14,17-19,26H,15-16H2,1-3H3,(H2,28,29,32). The van der Waals surface area contributed by atoms with Crippen molar-refractivity contribution in [1.29, 1.82) is 0 Å². The third-order valence-corrected chi connectivity index (χ3v) is 5.52. The van der Waals surface area contributed by atoms with Gasteiger partial charge in [0.2, 0.25) is 0 Å². The third-order valence-electron chi connectivity index (χ3n) is 5.52. The maximum absolute atomic E-state index is 12.6. The van der Waals surface area contributed by atoms with Gasteiger partial charge in [0.05, 0.1) is 0 Å². The Morgan fingerprint density at radius 3 is 2.45 bits per heavy atom. The molecule has 170 valence electrons. The van der Waals surface area contributed by atoms with Crippen LogP contribution >= 0.6 is 0 Å². The van der Waals surface area contributed by atoms with Crippen LogP contribution in [0.1, 0.15) is 18.1 Å². The van der Waals surface area contributed by atoms with Crippen LogP contribution in [0.15, 0.2) is 85.1 Å². The van der Waals surface area contributed by atoms with Gasteiger partial charge in [-0.15, -0.1) is 0 Å². The van der Waals surface area contributed by atoms with Gasteiger partial charge in [0.1, 0.15) is 11.9 Å². The zero-order valence-electron chi connectivity index (χ0n) is 19.3. The summed E-state index contributed by atoms with van der Waals surface area (Å²) >= 11 is 0. The lowest BCUT2D eigenvalue weighted by molar-refractivity contribution is 0.179. The number of aryl methyl sites for hydroxylation is 1. The first-order chi connectivity index (χ1) is 16.0. The lowest BCUT2D eigenvalue weighted by Crippen LogP contribution is -2.20. The number of anilines is 2. The first-order valence-corrected chi connectivity index (χ1v) is 11.1. The minimum Gasteiger partial charge on any atom is -0.486 e. The predicted octanol–water partition coefficient (Wildman–Crippen LogP) is 5.89. The van der Waals surface area contributed by atoms with Gasteiger partial charge in [-0.2, -0.15) is 0 Å². The quantitative estimate of drug-likeness (QED) is 0.357. The molecule has 1 atom stereocenters. The number of rotatable bonds is 8. The highest BCUT2D eigenvalue weighted by molar-refractivity contribution is 6.01. The van der Waals surface area contributed by atoms with E-state index in [4.69, 9.17) is 4.74 Å². The Morgan fingerprint density at radius 1 is 0.939 bits per heavy atom. The van der Waals surface area contributed by atoms with Crippen LogP contribution in [-0.2, 0) is 7.05 Å². The maximum atomic E-state index is 12.6. The van der Waals surface area contributed by atoms with Gasteiger partial charge in [0.25, 0.3) is 0 Å². The summed E-state index contributed by atoms with van der Waals surface area (Å²) in [5.41, 5.74) is 3.66. The number of hydrogen-bond donors (Lipinski definition) is 2. The Morgan fingerprint density at radius 2 is 1.70 bits per heavy atom. The zero-order valence-corrected chi connectivity index (χ0v) is 19.3. The van der Waals surface area contributed by atoms with Crippen LogP contribution < -0.4 is 15.4 Å². The normalized spacial score (nSPS) is 12.0. The number of urea groups is 1. The van der Waals surface area contributed by atoms with Crippen LogP contribution in [-0.4, -0.2) is 36.1 Å². The van der Waals surface area contributed by atoms with E-state index < -0.39 is 0 Å². The van der Waals surface area contributed by atoms with Crippen molar-refractivity contribution >= 4 is 28.3 Å². The van der Waals surface area contributed by atoms with Crippen molar-refractivity contribution in [3.05, 3.63) is 90.6 Å². The molecule has 1 heterocycles. The fourth-order valence-electron chi connectivity index (χ4n) is 3.80. The van der Waals surface area contributed by atoms with E-state index in [9.17, 15) is 4.79 Å². The van der Waals surface area contributed by atoms with Crippen molar-refractivity contribution in [2.75, 3.05) is 31.3 Å². The Balaban J connectivity index is 1.43. The Bertz CT molecular complexity index is 1220. The fraction of sp³-hybridized carbons (Fsp3) is 0.222. The molecule has 0 radical (unpaired) electrons. The van der Waals surface area contributed by atoms with Gasteiger partial charge in [0, 0.05) is 54.6 Å². The number of fused-ring (bicyclic) bond motifs is 1. The second-order valence-electron chi connectivity index (χ2n) is 8.42. The summed E-state index contributed by atoms with van der Waals surface area (Å²) in [7, 11) is 6.11.